The van der Waals surface area contributed by atoms with Crippen LogP contribution in [0.4, 0.5) is 0 Å². The Hall–Kier alpha value is -1.55. The summed E-state index contributed by atoms with van der Waals surface area (Å²) in [5, 5.41) is 20.8. The second-order valence-electron chi connectivity index (χ2n) is 10.8. The van der Waals surface area contributed by atoms with E-state index in [-0.39, 0.29) is 28.7 Å². The Kier molecular flexibility index (Phi) is 4.77. The topological polar surface area (TPSA) is 66.8 Å². The van der Waals surface area contributed by atoms with Crippen LogP contribution in [0, 0.1) is 22.7 Å². The van der Waals surface area contributed by atoms with Crippen LogP contribution in [0.1, 0.15) is 83.3 Å². The van der Waals surface area contributed by atoms with Gasteiger partial charge in [-0.05, 0) is 78.7 Å². The van der Waals surface area contributed by atoms with E-state index in [2.05, 4.69) is 6.92 Å². The van der Waals surface area contributed by atoms with E-state index in [4.69, 9.17) is 4.74 Å². The molecule has 3 aliphatic rings. The number of aliphatic hydroxyl groups excluding tert-OH is 1. The van der Waals surface area contributed by atoms with Gasteiger partial charge in [0.1, 0.15) is 11.5 Å². The molecule has 4 rings (SSSR count). The van der Waals surface area contributed by atoms with Crippen molar-refractivity contribution in [3.05, 3.63) is 23.3 Å². The number of rotatable bonds is 2. The number of carbonyl (C=O) groups excluding carboxylic acids is 1. The molecule has 0 aromatic heterocycles. The molecule has 2 fully saturated rings. The first kappa shape index (κ1) is 19.8. The highest BCUT2D eigenvalue weighted by molar-refractivity contribution is 5.74. The number of aliphatic hydroxyl groups is 1. The molecule has 0 spiro atoms. The van der Waals surface area contributed by atoms with Gasteiger partial charge in [0.15, 0.2) is 0 Å². The molecule has 0 heterocycles. The Labute approximate surface area is 168 Å². The van der Waals surface area contributed by atoms with E-state index in [0.717, 1.165) is 49.7 Å². The van der Waals surface area contributed by atoms with Gasteiger partial charge in [-0.25, -0.2) is 0 Å². The van der Waals surface area contributed by atoms with Crippen molar-refractivity contribution in [2.45, 2.75) is 84.7 Å². The minimum atomic E-state index is -0.237. The standard InChI is InChI=1S/C24H34O4/c1-23(2,3)13-21(27)28-19-12-15(25)11-14-5-6-16-17(22(14)19)9-10-24(4)18(16)7-8-20(24)26/h11-12,16-18,20,25-26H,5-10,13H2,1-4H3/t16-,17-,18-,20-,24-/m0/s1. The quantitative estimate of drug-likeness (QED) is 0.557. The summed E-state index contributed by atoms with van der Waals surface area (Å²) in [6.07, 6.45) is 6.15. The van der Waals surface area contributed by atoms with Crippen LogP contribution in [0.3, 0.4) is 0 Å². The maximum Gasteiger partial charge on any atom is 0.311 e. The summed E-state index contributed by atoms with van der Waals surface area (Å²) in [5.74, 6) is 1.90. The number of phenolic OH excluding ortho intramolecular Hbond substituents is 1. The Bertz CT molecular complexity index is 778. The summed E-state index contributed by atoms with van der Waals surface area (Å²) in [4.78, 5) is 12.5. The zero-order valence-corrected chi connectivity index (χ0v) is 17.6. The van der Waals surface area contributed by atoms with Crippen molar-refractivity contribution in [3.63, 3.8) is 0 Å². The van der Waals surface area contributed by atoms with Crippen LogP contribution in [0.25, 0.3) is 0 Å². The molecule has 2 saturated carbocycles. The molecule has 5 atom stereocenters. The lowest BCUT2D eigenvalue weighted by Crippen LogP contribution is -2.44. The van der Waals surface area contributed by atoms with Gasteiger partial charge in [-0.3, -0.25) is 4.79 Å². The maximum atomic E-state index is 12.5. The number of fused-ring (bicyclic) bond motifs is 5. The van der Waals surface area contributed by atoms with E-state index < -0.39 is 0 Å². The normalized spacial score (nSPS) is 34.3. The summed E-state index contributed by atoms with van der Waals surface area (Å²) >= 11 is 0. The van der Waals surface area contributed by atoms with Gasteiger partial charge >= 0.3 is 5.97 Å². The molecule has 0 radical (unpaired) electrons. The van der Waals surface area contributed by atoms with Gasteiger partial charge in [0.05, 0.1) is 12.5 Å². The van der Waals surface area contributed by atoms with Crippen LogP contribution in [0.5, 0.6) is 11.5 Å². The fourth-order valence-electron chi connectivity index (χ4n) is 6.32. The lowest BCUT2D eigenvalue weighted by molar-refractivity contribution is -0.136. The number of ether oxygens (including phenoxy) is 1. The van der Waals surface area contributed by atoms with Gasteiger partial charge in [0.25, 0.3) is 0 Å². The number of phenols is 1. The summed E-state index contributed by atoms with van der Waals surface area (Å²) in [5.41, 5.74) is 2.16. The summed E-state index contributed by atoms with van der Waals surface area (Å²) in [6.45, 7) is 8.34. The van der Waals surface area contributed by atoms with Crippen LogP contribution in [-0.2, 0) is 11.2 Å². The van der Waals surface area contributed by atoms with Crippen LogP contribution in [0.15, 0.2) is 12.1 Å². The number of aryl methyl sites for hydroxylation is 1. The maximum absolute atomic E-state index is 12.5. The molecule has 0 saturated heterocycles. The molecule has 4 nitrogen and oxygen atoms in total. The summed E-state index contributed by atoms with van der Waals surface area (Å²) in [7, 11) is 0. The van der Waals surface area contributed by atoms with Crippen LogP contribution in [0.2, 0.25) is 0 Å². The molecule has 28 heavy (non-hydrogen) atoms. The van der Waals surface area contributed by atoms with E-state index in [0.29, 0.717) is 29.9 Å². The fourth-order valence-corrected chi connectivity index (χ4v) is 6.32. The van der Waals surface area contributed by atoms with Crippen molar-refractivity contribution in [3.8, 4) is 11.5 Å². The molecule has 1 aromatic rings. The molecule has 2 N–H and O–H groups in total. The van der Waals surface area contributed by atoms with E-state index in [1.807, 2.05) is 26.8 Å². The Morgan fingerprint density at radius 2 is 1.96 bits per heavy atom. The van der Waals surface area contributed by atoms with Crippen LogP contribution >= 0.6 is 0 Å². The van der Waals surface area contributed by atoms with Gasteiger partial charge in [0, 0.05) is 11.6 Å². The highest BCUT2D eigenvalue weighted by Crippen LogP contribution is 2.62. The first-order valence-electron chi connectivity index (χ1n) is 10.8. The molecular weight excluding hydrogens is 352 g/mol. The van der Waals surface area contributed by atoms with E-state index >= 15 is 0 Å². The van der Waals surface area contributed by atoms with Gasteiger partial charge in [-0.15, -0.1) is 0 Å². The molecule has 0 aliphatic heterocycles. The van der Waals surface area contributed by atoms with Crippen molar-refractivity contribution >= 4 is 5.97 Å². The first-order chi connectivity index (χ1) is 13.1. The zero-order valence-electron chi connectivity index (χ0n) is 17.6. The van der Waals surface area contributed by atoms with Crippen molar-refractivity contribution < 1.29 is 19.7 Å². The molecule has 154 valence electrons. The molecule has 4 heteroatoms. The number of benzene rings is 1. The number of carbonyl (C=O) groups is 1. The molecule has 0 bridgehead atoms. The van der Waals surface area contributed by atoms with Crippen molar-refractivity contribution in [2.75, 3.05) is 0 Å². The molecule has 0 unspecified atom stereocenters. The highest BCUT2D eigenvalue weighted by Gasteiger charge is 2.54. The lowest BCUT2D eigenvalue weighted by atomic mass is 9.55. The van der Waals surface area contributed by atoms with Crippen molar-refractivity contribution in [1.29, 1.82) is 0 Å². The average Bonchev–Trinajstić information content (AvgIpc) is 2.87. The molecular formula is C24H34O4. The van der Waals surface area contributed by atoms with Gasteiger partial charge < -0.3 is 14.9 Å². The Balaban J connectivity index is 1.67. The minimum Gasteiger partial charge on any atom is -0.508 e. The Morgan fingerprint density at radius 1 is 1.21 bits per heavy atom. The third-order valence-electron chi connectivity index (χ3n) is 7.62. The summed E-state index contributed by atoms with van der Waals surface area (Å²) in [6, 6.07) is 3.48. The SMILES string of the molecule is CC(C)(C)CC(=O)Oc1cc(O)cc2c1[C@H]1CC[C@]3(C)[C@@H](O)CC[C@H]3[C@H]1CC2. The van der Waals surface area contributed by atoms with Crippen molar-refractivity contribution in [2.24, 2.45) is 22.7 Å². The number of esters is 1. The smallest absolute Gasteiger partial charge is 0.311 e. The van der Waals surface area contributed by atoms with Gasteiger partial charge in [0.2, 0.25) is 0 Å². The van der Waals surface area contributed by atoms with E-state index in [1.165, 1.54) is 0 Å². The second-order valence-corrected chi connectivity index (χ2v) is 10.8. The third kappa shape index (κ3) is 3.34. The predicted molar refractivity (Wildman–Crippen MR) is 108 cm³/mol. The van der Waals surface area contributed by atoms with Gasteiger partial charge in [-0.1, -0.05) is 27.7 Å². The monoisotopic (exact) mass is 386 g/mol. The van der Waals surface area contributed by atoms with Crippen LogP contribution < -0.4 is 4.74 Å². The number of hydrogen-bond donors (Lipinski definition) is 2. The molecule has 3 aliphatic carbocycles. The highest BCUT2D eigenvalue weighted by atomic mass is 16.5. The van der Waals surface area contributed by atoms with Gasteiger partial charge in [-0.2, -0.15) is 0 Å². The zero-order chi connectivity index (χ0) is 20.3. The number of aromatic hydroxyl groups is 1. The fraction of sp³-hybridized carbons (Fsp3) is 0.708. The number of hydrogen-bond acceptors (Lipinski definition) is 4. The van der Waals surface area contributed by atoms with E-state index in [1.54, 1.807) is 6.07 Å². The summed E-state index contributed by atoms with van der Waals surface area (Å²) < 4.78 is 5.83. The van der Waals surface area contributed by atoms with Crippen molar-refractivity contribution in [1.82, 2.24) is 0 Å². The average molecular weight is 387 g/mol. The molecule has 0 amide bonds. The largest absolute Gasteiger partial charge is 0.508 e. The first-order valence-corrected chi connectivity index (χ1v) is 10.8. The van der Waals surface area contributed by atoms with E-state index in [9.17, 15) is 15.0 Å². The Morgan fingerprint density at radius 3 is 2.68 bits per heavy atom. The third-order valence-corrected chi connectivity index (χ3v) is 7.62. The second kappa shape index (κ2) is 6.76. The predicted octanol–water partition coefficient (Wildman–Crippen LogP) is 4.95. The molecule has 1 aromatic carbocycles. The lowest BCUT2D eigenvalue weighted by Gasteiger charge is -2.50. The van der Waals surface area contributed by atoms with Crippen LogP contribution in [-0.4, -0.2) is 22.3 Å². The minimum absolute atomic E-state index is 0.0265.